The highest BCUT2D eigenvalue weighted by molar-refractivity contribution is 5.82. The molecule has 2 atom stereocenters. The predicted octanol–water partition coefficient (Wildman–Crippen LogP) is 4.09. The molecule has 0 heterocycles. The van der Waals surface area contributed by atoms with E-state index >= 15 is 0 Å². The van der Waals surface area contributed by atoms with E-state index in [1.807, 2.05) is 6.92 Å². The Bertz CT molecular complexity index is 340. The van der Waals surface area contributed by atoms with Gasteiger partial charge in [-0.25, -0.2) is 0 Å². The summed E-state index contributed by atoms with van der Waals surface area (Å²) in [5.41, 5.74) is 1.24. The Kier molecular flexibility index (Phi) is 11.2. The highest BCUT2D eigenvalue weighted by Crippen LogP contribution is 2.17. The van der Waals surface area contributed by atoms with Gasteiger partial charge in [0.1, 0.15) is 0 Å². The predicted molar refractivity (Wildman–Crippen MR) is 94.8 cm³/mol. The number of nitrogens with zero attached hydrogens (tertiary/aromatic N) is 2. The molecule has 1 N–H and O–H groups in total. The van der Waals surface area contributed by atoms with Crippen molar-refractivity contribution in [3.8, 4) is 0 Å². The molecule has 4 nitrogen and oxygen atoms in total. The van der Waals surface area contributed by atoms with Crippen LogP contribution < -0.4 is 0 Å². The minimum atomic E-state index is -0.664. The third kappa shape index (κ3) is 9.19. The molecule has 0 aliphatic rings. The summed E-state index contributed by atoms with van der Waals surface area (Å²) in [6, 6.07) is 0.349. The van der Waals surface area contributed by atoms with Gasteiger partial charge >= 0.3 is 5.97 Å². The van der Waals surface area contributed by atoms with Crippen molar-refractivity contribution in [2.75, 3.05) is 20.1 Å². The van der Waals surface area contributed by atoms with Gasteiger partial charge in [0.25, 0.3) is 0 Å². The fraction of sp³-hybridized carbons (Fsp3) is 0.889. The smallest absolute Gasteiger partial charge is 0.306 e. The Labute approximate surface area is 137 Å². The van der Waals surface area contributed by atoms with E-state index in [0.29, 0.717) is 18.4 Å². The van der Waals surface area contributed by atoms with Crippen molar-refractivity contribution < 1.29 is 9.90 Å². The summed E-state index contributed by atoms with van der Waals surface area (Å²) in [5.74, 6) is -0.222. The second kappa shape index (κ2) is 11.6. The number of hydrogen-bond donors (Lipinski definition) is 1. The van der Waals surface area contributed by atoms with Crippen LogP contribution in [0.1, 0.15) is 66.7 Å². The first-order chi connectivity index (χ1) is 10.3. The summed E-state index contributed by atoms with van der Waals surface area (Å²) >= 11 is 0. The van der Waals surface area contributed by atoms with Crippen LogP contribution in [0.3, 0.4) is 0 Å². The minimum Gasteiger partial charge on any atom is -0.481 e. The molecule has 0 rings (SSSR count). The average molecular weight is 312 g/mol. The zero-order valence-electron chi connectivity index (χ0n) is 15.4. The first-order valence-corrected chi connectivity index (χ1v) is 8.74. The topological polar surface area (TPSA) is 52.9 Å². The molecule has 4 heteroatoms. The highest BCUT2D eigenvalue weighted by atomic mass is 16.4. The van der Waals surface area contributed by atoms with Crippen molar-refractivity contribution in [1.29, 1.82) is 0 Å². The van der Waals surface area contributed by atoms with E-state index in [2.05, 4.69) is 44.6 Å². The SMILES string of the molecule is CCC(CC(CC)N(C)CCCN=C(C)CC(C)C)C(=O)O. The molecule has 22 heavy (non-hydrogen) atoms. The van der Waals surface area contributed by atoms with Crippen LogP contribution in [-0.4, -0.2) is 47.9 Å². The van der Waals surface area contributed by atoms with Gasteiger partial charge in [-0.15, -0.1) is 0 Å². The number of carboxylic acid groups (broad SMARTS) is 1. The van der Waals surface area contributed by atoms with Crippen LogP contribution in [0.4, 0.5) is 0 Å². The Morgan fingerprint density at radius 2 is 1.86 bits per heavy atom. The third-order valence-electron chi connectivity index (χ3n) is 4.25. The van der Waals surface area contributed by atoms with E-state index in [-0.39, 0.29) is 5.92 Å². The molecular weight excluding hydrogens is 276 g/mol. The van der Waals surface area contributed by atoms with Crippen molar-refractivity contribution >= 4 is 11.7 Å². The van der Waals surface area contributed by atoms with Crippen LogP contribution >= 0.6 is 0 Å². The monoisotopic (exact) mass is 312 g/mol. The standard InChI is InChI=1S/C18H36N2O2/c1-7-16(18(21)22)13-17(8-2)20(6)11-9-10-19-15(5)12-14(3)4/h14,16-17H,7-13H2,1-6H3,(H,21,22). The Balaban J connectivity index is 4.21. The molecule has 0 aliphatic carbocycles. The average Bonchev–Trinajstić information content (AvgIpc) is 2.43. The van der Waals surface area contributed by atoms with E-state index in [9.17, 15) is 9.90 Å². The Morgan fingerprint density at radius 3 is 2.32 bits per heavy atom. The van der Waals surface area contributed by atoms with Crippen molar-refractivity contribution in [1.82, 2.24) is 4.90 Å². The van der Waals surface area contributed by atoms with Crippen LogP contribution in [0.5, 0.6) is 0 Å². The molecule has 0 amide bonds. The highest BCUT2D eigenvalue weighted by Gasteiger charge is 2.22. The minimum absolute atomic E-state index is 0.223. The fourth-order valence-corrected chi connectivity index (χ4v) is 2.86. The quantitative estimate of drug-likeness (QED) is 0.436. The van der Waals surface area contributed by atoms with E-state index in [1.54, 1.807) is 0 Å². The fourth-order valence-electron chi connectivity index (χ4n) is 2.86. The summed E-state index contributed by atoms with van der Waals surface area (Å²) in [6.07, 6.45) is 4.55. The maximum absolute atomic E-state index is 11.2. The van der Waals surface area contributed by atoms with Crippen LogP contribution in [0, 0.1) is 11.8 Å². The van der Waals surface area contributed by atoms with Crippen LogP contribution in [0.25, 0.3) is 0 Å². The number of aliphatic imine (C=N–C) groups is 1. The molecule has 0 aromatic heterocycles. The zero-order valence-corrected chi connectivity index (χ0v) is 15.4. The largest absolute Gasteiger partial charge is 0.481 e. The van der Waals surface area contributed by atoms with Gasteiger partial charge in [-0.1, -0.05) is 27.7 Å². The molecule has 0 saturated heterocycles. The lowest BCUT2D eigenvalue weighted by Gasteiger charge is -2.29. The van der Waals surface area contributed by atoms with Crippen LogP contribution in [-0.2, 0) is 4.79 Å². The van der Waals surface area contributed by atoms with E-state index < -0.39 is 5.97 Å². The summed E-state index contributed by atoms with van der Waals surface area (Å²) < 4.78 is 0. The van der Waals surface area contributed by atoms with E-state index in [4.69, 9.17) is 0 Å². The lowest BCUT2D eigenvalue weighted by Crippen LogP contribution is -2.35. The van der Waals surface area contributed by atoms with Gasteiger partial charge in [0.15, 0.2) is 0 Å². The van der Waals surface area contributed by atoms with Crippen molar-refractivity contribution in [3.63, 3.8) is 0 Å². The van der Waals surface area contributed by atoms with Crippen molar-refractivity contribution in [2.24, 2.45) is 16.8 Å². The van der Waals surface area contributed by atoms with Gasteiger partial charge in [0, 0.05) is 18.3 Å². The van der Waals surface area contributed by atoms with Crippen LogP contribution in [0.2, 0.25) is 0 Å². The number of rotatable bonds is 12. The Hall–Kier alpha value is -0.900. The molecule has 0 aliphatic heterocycles. The van der Waals surface area contributed by atoms with Crippen molar-refractivity contribution in [3.05, 3.63) is 0 Å². The third-order valence-corrected chi connectivity index (χ3v) is 4.25. The maximum atomic E-state index is 11.2. The lowest BCUT2D eigenvalue weighted by atomic mass is 9.95. The summed E-state index contributed by atoms with van der Waals surface area (Å²) in [7, 11) is 2.10. The molecule has 0 saturated carbocycles. The van der Waals surface area contributed by atoms with Crippen molar-refractivity contribution in [2.45, 2.75) is 72.8 Å². The van der Waals surface area contributed by atoms with Crippen LogP contribution in [0.15, 0.2) is 4.99 Å². The van der Waals surface area contributed by atoms with Gasteiger partial charge in [-0.05, 0) is 58.5 Å². The first-order valence-electron chi connectivity index (χ1n) is 8.74. The van der Waals surface area contributed by atoms with Gasteiger partial charge < -0.3 is 10.0 Å². The van der Waals surface area contributed by atoms with Gasteiger partial charge in [-0.2, -0.15) is 0 Å². The van der Waals surface area contributed by atoms with Gasteiger partial charge in [-0.3, -0.25) is 9.79 Å². The first kappa shape index (κ1) is 21.1. The molecule has 0 radical (unpaired) electrons. The van der Waals surface area contributed by atoms with E-state index in [1.165, 1.54) is 5.71 Å². The number of carbonyl (C=O) groups is 1. The number of aliphatic carboxylic acids is 1. The lowest BCUT2D eigenvalue weighted by molar-refractivity contribution is -0.142. The molecule has 0 fully saturated rings. The zero-order chi connectivity index (χ0) is 17.1. The molecule has 2 unspecified atom stereocenters. The maximum Gasteiger partial charge on any atom is 0.306 e. The Morgan fingerprint density at radius 1 is 1.23 bits per heavy atom. The van der Waals surface area contributed by atoms with E-state index in [0.717, 1.165) is 38.8 Å². The molecule has 0 aromatic carbocycles. The second-order valence-corrected chi connectivity index (χ2v) is 6.79. The molecular formula is C18H36N2O2. The molecule has 0 aromatic rings. The van der Waals surface area contributed by atoms with Gasteiger partial charge in [0.05, 0.1) is 5.92 Å². The van der Waals surface area contributed by atoms with Gasteiger partial charge in [0.2, 0.25) is 0 Å². The number of carboxylic acids is 1. The number of hydrogen-bond acceptors (Lipinski definition) is 3. The summed E-state index contributed by atoms with van der Waals surface area (Å²) in [6.45, 7) is 12.5. The molecule has 130 valence electrons. The summed E-state index contributed by atoms with van der Waals surface area (Å²) in [5, 5.41) is 9.21. The normalized spacial score (nSPS) is 15.4. The summed E-state index contributed by atoms with van der Waals surface area (Å²) in [4.78, 5) is 18.1. The molecule has 0 bridgehead atoms. The molecule has 0 spiro atoms. The second-order valence-electron chi connectivity index (χ2n) is 6.79.